The van der Waals surface area contributed by atoms with Gasteiger partial charge in [-0.1, -0.05) is 42.0 Å². The molecule has 0 heterocycles. The van der Waals surface area contributed by atoms with Crippen LogP contribution in [0.15, 0.2) is 53.4 Å². The molecule has 0 saturated carbocycles. The van der Waals surface area contributed by atoms with Gasteiger partial charge in [-0.2, -0.15) is 0 Å². The highest BCUT2D eigenvalue weighted by molar-refractivity contribution is 7.92. The molecule has 3 aromatic rings. The Bertz CT molecular complexity index is 1020. The molecule has 0 aliphatic carbocycles. The lowest BCUT2D eigenvalue weighted by Crippen LogP contribution is -2.16. The Kier molecular flexibility index (Phi) is 3.97. The molecule has 0 aromatic heterocycles. The Morgan fingerprint density at radius 1 is 0.875 bits per heavy atom. The van der Waals surface area contributed by atoms with Gasteiger partial charge in [-0.05, 0) is 44.0 Å². The van der Waals surface area contributed by atoms with Crippen molar-refractivity contribution in [1.82, 2.24) is 0 Å². The van der Waals surface area contributed by atoms with Crippen molar-refractivity contribution >= 4 is 26.5 Å². The smallest absolute Gasteiger partial charge is 0.262 e. The number of anilines is 1. The van der Waals surface area contributed by atoms with Gasteiger partial charge in [-0.15, -0.1) is 0 Å². The lowest BCUT2D eigenvalue weighted by molar-refractivity contribution is 0.481. The van der Waals surface area contributed by atoms with Crippen LogP contribution in [0.25, 0.3) is 10.8 Å². The first-order valence-corrected chi connectivity index (χ1v) is 9.09. The van der Waals surface area contributed by atoms with Crippen LogP contribution in [0.4, 0.5) is 5.69 Å². The Morgan fingerprint density at radius 2 is 1.46 bits per heavy atom. The van der Waals surface area contributed by atoms with E-state index in [-0.39, 0.29) is 5.75 Å². The molecule has 0 aliphatic rings. The van der Waals surface area contributed by atoms with Crippen LogP contribution in [0.2, 0.25) is 0 Å². The summed E-state index contributed by atoms with van der Waals surface area (Å²) in [7, 11) is -3.73. The summed E-state index contributed by atoms with van der Waals surface area (Å²) in [6.07, 6.45) is 0. The number of nitrogens with one attached hydrogen (secondary N) is 1. The van der Waals surface area contributed by atoms with Crippen molar-refractivity contribution in [2.24, 2.45) is 0 Å². The van der Waals surface area contributed by atoms with Crippen molar-refractivity contribution < 1.29 is 13.5 Å². The topological polar surface area (TPSA) is 66.4 Å². The summed E-state index contributed by atoms with van der Waals surface area (Å²) in [4.78, 5) is 0.297. The van der Waals surface area contributed by atoms with Crippen LogP contribution in [-0.2, 0) is 10.0 Å². The van der Waals surface area contributed by atoms with E-state index in [9.17, 15) is 13.5 Å². The third kappa shape index (κ3) is 2.83. The van der Waals surface area contributed by atoms with Crippen LogP contribution in [0.1, 0.15) is 16.7 Å². The van der Waals surface area contributed by atoms with Crippen molar-refractivity contribution in [1.29, 1.82) is 0 Å². The normalized spacial score (nSPS) is 11.6. The van der Waals surface area contributed by atoms with E-state index in [2.05, 4.69) is 4.72 Å². The summed E-state index contributed by atoms with van der Waals surface area (Å²) in [6.45, 7) is 5.53. The Morgan fingerprint density at radius 3 is 2.08 bits per heavy atom. The van der Waals surface area contributed by atoms with Gasteiger partial charge in [0.25, 0.3) is 10.0 Å². The number of aryl methyl sites for hydroxylation is 3. The van der Waals surface area contributed by atoms with Crippen LogP contribution in [-0.4, -0.2) is 13.5 Å². The molecule has 0 saturated heterocycles. The number of phenols is 1. The molecule has 2 N–H and O–H groups in total. The van der Waals surface area contributed by atoms with Crippen LogP contribution in [0.5, 0.6) is 5.75 Å². The first-order valence-electron chi connectivity index (χ1n) is 7.61. The Hall–Kier alpha value is -2.53. The molecular formula is C19H19NO3S. The third-order valence-corrected chi connectivity index (χ3v) is 5.69. The lowest BCUT2D eigenvalue weighted by Gasteiger charge is -2.15. The maximum atomic E-state index is 12.9. The van der Waals surface area contributed by atoms with Gasteiger partial charge in [-0.25, -0.2) is 8.42 Å². The average molecular weight is 341 g/mol. The Balaban J connectivity index is 2.14. The standard InChI is InChI=1S/C19H19NO3S/c1-12-10-13(2)19(14(3)11-12)24(22,23)20-17-8-9-18(21)16-7-5-4-6-15(16)17/h4-11,20-21H,1-3H3. The molecule has 4 nitrogen and oxygen atoms in total. The number of aromatic hydroxyl groups is 1. The zero-order chi connectivity index (χ0) is 17.5. The minimum absolute atomic E-state index is 0.122. The first-order chi connectivity index (χ1) is 11.3. The van der Waals surface area contributed by atoms with Crippen molar-refractivity contribution in [2.75, 3.05) is 4.72 Å². The van der Waals surface area contributed by atoms with Crippen molar-refractivity contribution in [2.45, 2.75) is 25.7 Å². The van der Waals surface area contributed by atoms with Gasteiger partial charge in [-0.3, -0.25) is 4.72 Å². The van der Waals surface area contributed by atoms with Gasteiger partial charge in [0.15, 0.2) is 0 Å². The van der Waals surface area contributed by atoms with Crippen molar-refractivity contribution in [3.05, 3.63) is 65.2 Å². The molecule has 0 radical (unpaired) electrons. The molecule has 0 spiro atoms. The monoisotopic (exact) mass is 341 g/mol. The zero-order valence-corrected chi connectivity index (χ0v) is 14.6. The van der Waals surface area contributed by atoms with Crippen LogP contribution in [0, 0.1) is 20.8 Å². The van der Waals surface area contributed by atoms with Crippen LogP contribution in [0.3, 0.4) is 0 Å². The number of sulfonamides is 1. The summed E-state index contributed by atoms with van der Waals surface area (Å²) in [5, 5.41) is 11.2. The van der Waals surface area contributed by atoms with E-state index < -0.39 is 10.0 Å². The molecule has 124 valence electrons. The van der Waals surface area contributed by atoms with Gasteiger partial charge in [0.2, 0.25) is 0 Å². The first kappa shape index (κ1) is 16.3. The summed E-state index contributed by atoms with van der Waals surface area (Å²) in [6, 6.07) is 13.9. The van der Waals surface area contributed by atoms with Gasteiger partial charge >= 0.3 is 0 Å². The SMILES string of the molecule is Cc1cc(C)c(S(=O)(=O)Nc2ccc(O)c3ccccc23)c(C)c1. The zero-order valence-electron chi connectivity index (χ0n) is 13.8. The predicted octanol–water partition coefficient (Wildman–Crippen LogP) is 4.27. The third-order valence-electron chi connectivity index (χ3n) is 4.02. The summed E-state index contributed by atoms with van der Waals surface area (Å²) >= 11 is 0. The number of phenolic OH excluding ortho intramolecular Hbond substituents is 1. The fourth-order valence-corrected chi connectivity index (χ4v) is 4.69. The summed E-state index contributed by atoms with van der Waals surface area (Å²) in [5.41, 5.74) is 2.90. The van der Waals surface area contributed by atoms with E-state index in [1.165, 1.54) is 6.07 Å². The highest BCUT2D eigenvalue weighted by Gasteiger charge is 2.21. The molecule has 3 rings (SSSR count). The summed E-state index contributed by atoms with van der Waals surface area (Å²) in [5.74, 6) is 0.122. The highest BCUT2D eigenvalue weighted by Crippen LogP contribution is 2.32. The van der Waals surface area contributed by atoms with E-state index >= 15 is 0 Å². The maximum Gasteiger partial charge on any atom is 0.262 e. The largest absolute Gasteiger partial charge is 0.507 e. The van der Waals surface area contributed by atoms with E-state index in [1.54, 1.807) is 38.1 Å². The molecule has 0 amide bonds. The van der Waals surface area contributed by atoms with E-state index in [0.29, 0.717) is 32.5 Å². The van der Waals surface area contributed by atoms with E-state index in [0.717, 1.165) is 5.56 Å². The second kappa shape index (κ2) is 5.83. The van der Waals surface area contributed by atoms with Crippen molar-refractivity contribution in [3.8, 4) is 5.75 Å². The van der Waals surface area contributed by atoms with Crippen molar-refractivity contribution in [3.63, 3.8) is 0 Å². The molecule has 0 unspecified atom stereocenters. The van der Waals surface area contributed by atoms with Crippen LogP contribution >= 0.6 is 0 Å². The Labute approximate surface area is 141 Å². The maximum absolute atomic E-state index is 12.9. The minimum atomic E-state index is -3.73. The van der Waals surface area contributed by atoms with Gasteiger partial charge in [0.1, 0.15) is 5.75 Å². The van der Waals surface area contributed by atoms with E-state index in [1.807, 2.05) is 25.1 Å². The quantitative estimate of drug-likeness (QED) is 0.699. The molecule has 0 bridgehead atoms. The summed E-state index contributed by atoms with van der Waals surface area (Å²) < 4.78 is 28.5. The minimum Gasteiger partial charge on any atom is -0.507 e. The number of benzene rings is 3. The second-order valence-corrected chi connectivity index (χ2v) is 7.63. The number of rotatable bonds is 3. The molecule has 3 aromatic carbocycles. The van der Waals surface area contributed by atoms with Gasteiger partial charge < -0.3 is 5.11 Å². The molecular weight excluding hydrogens is 322 g/mol. The molecule has 0 atom stereocenters. The lowest BCUT2D eigenvalue weighted by atomic mass is 10.1. The van der Waals surface area contributed by atoms with Gasteiger partial charge in [0.05, 0.1) is 10.6 Å². The fraction of sp³-hybridized carbons (Fsp3) is 0.158. The number of hydrogen-bond donors (Lipinski definition) is 2. The molecule has 0 fully saturated rings. The average Bonchev–Trinajstić information content (AvgIpc) is 2.49. The predicted molar refractivity (Wildman–Crippen MR) is 97.1 cm³/mol. The second-order valence-electron chi connectivity index (χ2n) is 6.01. The number of hydrogen-bond acceptors (Lipinski definition) is 3. The molecule has 0 aliphatic heterocycles. The van der Waals surface area contributed by atoms with E-state index in [4.69, 9.17) is 0 Å². The molecule has 5 heteroatoms. The van der Waals surface area contributed by atoms with Gasteiger partial charge in [0, 0.05) is 10.8 Å². The molecule has 24 heavy (non-hydrogen) atoms. The fourth-order valence-electron chi connectivity index (χ4n) is 3.16. The highest BCUT2D eigenvalue weighted by atomic mass is 32.2. The van der Waals surface area contributed by atoms with Crippen LogP contribution < -0.4 is 4.72 Å². The number of fused-ring (bicyclic) bond motifs is 1.